The van der Waals surface area contributed by atoms with E-state index in [1.165, 1.54) is 32.6 Å². The number of phenolic OH excluding ortho intramolecular Hbond substituents is 1. The number of nitrogens with zero attached hydrogens (tertiary/aromatic N) is 1. The molecule has 0 bridgehead atoms. The van der Waals surface area contributed by atoms with Crippen LogP contribution < -0.4 is 19.6 Å². The van der Waals surface area contributed by atoms with Crippen molar-refractivity contribution < 1.29 is 24.1 Å². The van der Waals surface area contributed by atoms with E-state index in [1.54, 1.807) is 25.3 Å². The van der Waals surface area contributed by atoms with Gasteiger partial charge in [-0.15, -0.1) is 0 Å². The molecule has 2 aromatic carbocycles. The summed E-state index contributed by atoms with van der Waals surface area (Å²) in [6.07, 6.45) is 1.39. The monoisotopic (exact) mass is 378 g/mol. The molecule has 8 heteroatoms. The second-order valence-corrected chi connectivity index (χ2v) is 5.64. The molecule has 0 unspecified atom stereocenters. The summed E-state index contributed by atoms with van der Waals surface area (Å²) in [5, 5.41) is 14.2. The van der Waals surface area contributed by atoms with Gasteiger partial charge in [-0.25, -0.2) is 5.43 Å². The van der Waals surface area contributed by atoms with Gasteiger partial charge in [-0.3, -0.25) is 4.79 Å². The van der Waals surface area contributed by atoms with Crippen molar-refractivity contribution in [1.82, 2.24) is 5.43 Å². The van der Waals surface area contributed by atoms with Gasteiger partial charge in [0.2, 0.25) is 5.91 Å². The zero-order chi connectivity index (χ0) is 19.1. The minimum Gasteiger partial charge on any atom is -0.504 e. The molecule has 0 saturated heterocycles. The number of methoxy groups -OCH3 is 3. The predicted octanol–water partition coefficient (Wildman–Crippen LogP) is 2.76. The number of benzene rings is 2. The average molecular weight is 379 g/mol. The lowest BCUT2D eigenvalue weighted by Crippen LogP contribution is -2.19. The zero-order valence-corrected chi connectivity index (χ0v) is 15.3. The van der Waals surface area contributed by atoms with E-state index in [1.807, 2.05) is 0 Å². The number of nitrogens with one attached hydrogen (secondary N) is 1. The number of hydrazone groups is 1. The lowest BCUT2D eigenvalue weighted by Gasteiger charge is -2.09. The molecule has 0 radical (unpaired) electrons. The number of ether oxygens (including phenoxy) is 3. The number of rotatable bonds is 7. The lowest BCUT2D eigenvalue weighted by molar-refractivity contribution is -0.120. The van der Waals surface area contributed by atoms with Crippen LogP contribution >= 0.6 is 11.6 Å². The van der Waals surface area contributed by atoms with E-state index in [-0.39, 0.29) is 23.8 Å². The Labute approximate surface area is 156 Å². The molecule has 0 aliphatic carbocycles. The highest BCUT2D eigenvalue weighted by molar-refractivity contribution is 6.31. The molecule has 0 spiro atoms. The number of amides is 1. The van der Waals surface area contributed by atoms with E-state index in [4.69, 9.17) is 25.8 Å². The molecule has 0 aliphatic heterocycles. The third-order valence-corrected chi connectivity index (χ3v) is 3.71. The van der Waals surface area contributed by atoms with E-state index in [0.29, 0.717) is 22.1 Å². The van der Waals surface area contributed by atoms with Crippen molar-refractivity contribution in [1.29, 1.82) is 0 Å². The van der Waals surface area contributed by atoms with Crippen molar-refractivity contribution in [3.63, 3.8) is 0 Å². The quantitative estimate of drug-likeness (QED) is 0.571. The second kappa shape index (κ2) is 8.96. The van der Waals surface area contributed by atoms with Crippen molar-refractivity contribution >= 4 is 23.7 Å². The van der Waals surface area contributed by atoms with Crippen LogP contribution in [0, 0.1) is 0 Å². The Kier molecular flexibility index (Phi) is 6.68. The Hall–Kier alpha value is -2.93. The van der Waals surface area contributed by atoms with Crippen LogP contribution in [0.5, 0.6) is 23.0 Å². The van der Waals surface area contributed by atoms with E-state index < -0.39 is 0 Å². The zero-order valence-electron chi connectivity index (χ0n) is 14.6. The van der Waals surface area contributed by atoms with Crippen LogP contribution in [0.15, 0.2) is 35.4 Å². The van der Waals surface area contributed by atoms with Gasteiger partial charge in [-0.05, 0) is 23.8 Å². The Morgan fingerprint density at radius 3 is 2.46 bits per heavy atom. The Morgan fingerprint density at radius 2 is 1.81 bits per heavy atom. The summed E-state index contributed by atoms with van der Waals surface area (Å²) in [6, 6.07) is 8.18. The number of aromatic hydroxyl groups is 1. The first-order valence-electron chi connectivity index (χ1n) is 7.57. The van der Waals surface area contributed by atoms with Gasteiger partial charge in [0.15, 0.2) is 23.0 Å². The fourth-order valence-corrected chi connectivity index (χ4v) is 2.45. The van der Waals surface area contributed by atoms with Crippen LogP contribution in [-0.2, 0) is 11.2 Å². The van der Waals surface area contributed by atoms with E-state index in [0.717, 1.165) is 5.56 Å². The maximum absolute atomic E-state index is 12.0. The summed E-state index contributed by atoms with van der Waals surface area (Å²) in [7, 11) is 4.48. The summed E-state index contributed by atoms with van der Waals surface area (Å²) >= 11 is 5.94. The number of phenols is 1. The van der Waals surface area contributed by atoms with Gasteiger partial charge >= 0.3 is 0 Å². The van der Waals surface area contributed by atoms with Crippen LogP contribution in [0.25, 0.3) is 0 Å². The van der Waals surface area contributed by atoms with Crippen molar-refractivity contribution in [2.24, 2.45) is 5.10 Å². The topological polar surface area (TPSA) is 89.4 Å². The van der Waals surface area contributed by atoms with Gasteiger partial charge in [-0.2, -0.15) is 5.10 Å². The van der Waals surface area contributed by atoms with Gasteiger partial charge in [0.1, 0.15) is 0 Å². The first-order chi connectivity index (χ1) is 12.5. The third-order valence-electron chi connectivity index (χ3n) is 3.49. The van der Waals surface area contributed by atoms with Crippen LogP contribution in [0.2, 0.25) is 5.02 Å². The van der Waals surface area contributed by atoms with Gasteiger partial charge in [0, 0.05) is 16.7 Å². The molecular weight excluding hydrogens is 360 g/mol. The minimum absolute atomic E-state index is 0.0997. The van der Waals surface area contributed by atoms with Gasteiger partial charge in [0.25, 0.3) is 0 Å². The SMILES string of the molecule is COc1ccc(CC(=O)N/N=C\c2cc(Cl)cc(OC)c2O)cc1OC. The molecule has 1 amide bonds. The number of hydrogen-bond acceptors (Lipinski definition) is 6. The molecule has 26 heavy (non-hydrogen) atoms. The maximum atomic E-state index is 12.0. The standard InChI is InChI=1S/C18H19ClN2O5/c1-24-14-5-4-11(6-15(14)25-2)7-17(22)21-20-10-12-8-13(19)9-16(26-3)18(12)23/h4-6,8-10,23H,7H2,1-3H3,(H,21,22)/b20-10-. The number of carbonyl (C=O) groups excluding carboxylic acids is 1. The predicted molar refractivity (Wildman–Crippen MR) is 98.7 cm³/mol. The first-order valence-corrected chi connectivity index (χ1v) is 7.95. The van der Waals surface area contributed by atoms with Crippen molar-refractivity contribution in [2.45, 2.75) is 6.42 Å². The molecule has 7 nitrogen and oxygen atoms in total. The highest BCUT2D eigenvalue weighted by atomic mass is 35.5. The molecule has 0 heterocycles. The maximum Gasteiger partial charge on any atom is 0.244 e. The van der Waals surface area contributed by atoms with Gasteiger partial charge in [0.05, 0.1) is 34.0 Å². The van der Waals surface area contributed by atoms with Crippen molar-refractivity contribution in [3.8, 4) is 23.0 Å². The number of carbonyl (C=O) groups is 1. The molecule has 0 aromatic heterocycles. The molecule has 2 rings (SSSR count). The van der Waals surface area contributed by atoms with Crippen LogP contribution in [0.4, 0.5) is 0 Å². The van der Waals surface area contributed by atoms with Crippen LogP contribution in [0.1, 0.15) is 11.1 Å². The highest BCUT2D eigenvalue weighted by Gasteiger charge is 2.10. The van der Waals surface area contributed by atoms with E-state index in [2.05, 4.69) is 10.5 Å². The molecule has 0 atom stereocenters. The Balaban J connectivity index is 2.03. The summed E-state index contributed by atoms with van der Waals surface area (Å²) < 4.78 is 15.4. The fraction of sp³-hybridized carbons (Fsp3) is 0.222. The number of halogens is 1. The molecule has 2 N–H and O–H groups in total. The molecule has 0 fully saturated rings. The summed E-state index contributed by atoms with van der Waals surface area (Å²) in [5.41, 5.74) is 3.45. The minimum atomic E-state index is -0.332. The van der Waals surface area contributed by atoms with Crippen molar-refractivity contribution in [2.75, 3.05) is 21.3 Å². The highest BCUT2D eigenvalue weighted by Crippen LogP contribution is 2.32. The van der Waals surface area contributed by atoms with Crippen LogP contribution in [-0.4, -0.2) is 38.6 Å². The normalized spacial score (nSPS) is 10.6. The molecular formula is C18H19ClN2O5. The fourth-order valence-electron chi connectivity index (χ4n) is 2.24. The van der Waals surface area contributed by atoms with Crippen molar-refractivity contribution in [3.05, 3.63) is 46.5 Å². The second-order valence-electron chi connectivity index (χ2n) is 5.21. The van der Waals surface area contributed by atoms with Gasteiger partial charge < -0.3 is 19.3 Å². The van der Waals surface area contributed by atoms with Gasteiger partial charge in [-0.1, -0.05) is 17.7 Å². The average Bonchev–Trinajstić information content (AvgIpc) is 2.63. The first kappa shape index (κ1) is 19.4. The van der Waals surface area contributed by atoms with Crippen LogP contribution in [0.3, 0.4) is 0 Å². The summed E-state index contributed by atoms with van der Waals surface area (Å²) in [6.45, 7) is 0. The molecule has 138 valence electrons. The summed E-state index contributed by atoms with van der Waals surface area (Å²) in [4.78, 5) is 12.0. The van der Waals surface area contributed by atoms with E-state index >= 15 is 0 Å². The molecule has 0 aliphatic rings. The molecule has 0 saturated carbocycles. The lowest BCUT2D eigenvalue weighted by atomic mass is 10.1. The van der Waals surface area contributed by atoms with E-state index in [9.17, 15) is 9.90 Å². The summed E-state index contributed by atoms with van der Waals surface area (Å²) in [5.74, 6) is 0.893. The smallest absolute Gasteiger partial charge is 0.244 e. The largest absolute Gasteiger partial charge is 0.504 e. The Morgan fingerprint density at radius 1 is 1.12 bits per heavy atom. The number of hydrogen-bond donors (Lipinski definition) is 2. The third kappa shape index (κ3) is 4.80. The Bertz CT molecular complexity index is 823. The molecule has 2 aromatic rings.